The number of anilines is 1. The number of carboxylic acid groups (broad SMARTS) is 1. The fraction of sp³-hybridized carbons (Fsp3) is 0.583. The van der Waals surface area contributed by atoms with Crippen molar-refractivity contribution in [1.82, 2.24) is 9.97 Å². The predicted molar refractivity (Wildman–Crippen MR) is 70.5 cm³/mol. The molecular formula is C12H16ClN3O3. The van der Waals surface area contributed by atoms with Gasteiger partial charge in [-0.25, -0.2) is 9.78 Å². The summed E-state index contributed by atoms with van der Waals surface area (Å²) in [4.78, 5) is 18.7. The smallest absolute Gasteiger partial charge is 0.341 e. The van der Waals surface area contributed by atoms with Gasteiger partial charge in [0.05, 0.1) is 5.60 Å². The molecule has 0 spiro atoms. The molecule has 0 saturated heterocycles. The fourth-order valence-electron chi connectivity index (χ4n) is 2.20. The Morgan fingerprint density at radius 3 is 2.74 bits per heavy atom. The molecule has 1 fully saturated rings. The molecule has 1 heterocycles. The molecule has 0 aromatic carbocycles. The van der Waals surface area contributed by atoms with Crippen molar-refractivity contribution in [1.29, 1.82) is 0 Å². The molecule has 104 valence electrons. The number of carbonyl (C=O) groups is 1. The topological polar surface area (TPSA) is 95.3 Å². The van der Waals surface area contributed by atoms with Crippen molar-refractivity contribution in [2.75, 3.05) is 5.32 Å². The average molecular weight is 286 g/mol. The van der Waals surface area contributed by atoms with Gasteiger partial charge in [-0.15, -0.1) is 0 Å². The number of halogens is 1. The van der Waals surface area contributed by atoms with Crippen LogP contribution >= 0.6 is 11.6 Å². The van der Waals surface area contributed by atoms with E-state index in [-0.39, 0.29) is 22.7 Å². The number of nitrogens with zero attached hydrogens (tertiary/aromatic N) is 2. The Kier molecular flexibility index (Phi) is 3.91. The zero-order valence-electron chi connectivity index (χ0n) is 10.6. The van der Waals surface area contributed by atoms with Crippen LogP contribution in [-0.2, 0) is 0 Å². The van der Waals surface area contributed by atoms with Gasteiger partial charge in [0.25, 0.3) is 0 Å². The molecular weight excluding hydrogens is 270 g/mol. The number of aromatic carboxylic acids is 1. The zero-order chi connectivity index (χ0) is 14.0. The third-order valence-corrected chi connectivity index (χ3v) is 3.58. The molecule has 0 radical (unpaired) electrons. The Morgan fingerprint density at radius 2 is 2.16 bits per heavy atom. The highest BCUT2D eigenvalue weighted by atomic mass is 35.5. The van der Waals surface area contributed by atoms with Crippen LogP contribution < -0.4 is 5.32 Å². The zero-order valence-corrected chi connectivity index (χ0v) is 11.3. The second-order valence-electron chi connectivity index (χ2n) is 5.12. The lowest BCUT2D eigenvalue weighted by atomic mass is 9.83. The first-order chi connectivity index (χ1) is 8.87. The quantitative estimate of drug-likeness (QED) is 0.735. The van der Waals surface area contributed by atoms with Crippen molar-refractivity contribution in [3.63, 3.8) is 0 Å². The second-order valence-corrected chi connectivity index (χ2v) is 5.46. The highest BCUT2D eigenvalue weighted by Crippen LogP contribution is 2.29. The minimum atomic E-state index is -1.10. The summed E-state index contributed by atoms with van der Waals surface area (Å²) >= 11 is 5.69. The molecule has 1 aliphatic carbocycles. The van der Waals surface area contributed by atoms with E-state index in [1.807, 2.05) is 6.92 Å². The van der Waals surface area contributed by atoms with E-state index in [0.717, 1.165) is 12.8 Å². The first kappa shape index (κ1) is 14.0. The van der Waals surface area contributed by atoms with Gasteiger partial charge in [0.1, 0.15) is 11.4 Å². The Bertz CT molecular complexity index is 483. The first-order valence-corrected chi connectivity index (χ1v) is 6.50. The highest BCUT2D eigenvalue weighted by molar-refractivity contribution is 6.28. The molecule has 7 heteroatoms. The number of hydrogen-bond acceptors (Lipinski definition) is 5. The van der Waals surface area contributed by atoms with E-state index < -0.39 is 11.6 Å². The number of carboxylic acids is 1. The summed E-state index contributed by atoms with van der Waals surface area (Å²) < 4.78 is 0. The number of aromatic nitrogens is 2. The lowest BCUT2D eigenvalue weighted by Crippen LogP contribution is -2.36. The lowest BCUT2D eigenvalue weighted by Gasteiger charge is -2.33. The van der Waals surface area contributed by atoms with Crippen molar-refractivity contribution < 1.29 is 15.0 Å². The predicted octanol–water partition coefficient (Wildman–Crippen LogP) is 1.93. The van der Waals surface area contributed by atoms with Gasteiger partial charge in [-0.3, -0.25) is 0 Å². The summed E-state index contributed by atoms with van der Waals surface area (Å²) in [5.41, 5.74) is -0.626. The van der Waals surface area contributed by atoms with Gasteiger partial charge in [0, 0.05) is 12.2 Å². The Hall–Kier alpha value is -1.40. The van der Waals surface area contributed by atoms with E-state index in [2.05, 4.69) is 15.3 Å². The minimum absolute atomic E-state index is 0.00161. The number of nitrogens with one attached hydrogen (secondary N) is 1. The van der Waals surface area contributed by atoms with Crippen molar-refractivity contribution >= 4 is 23.4 Å². The average Bonchev–Trinajstić information content (AvgIpc) is 2.31. The summed E-state index contributed by atoms with van der Waals surface area (Å²) in [7, 11) is 0. The van der Waals surface area contributed by atoms with Crippen LogP contribution in [0.2, 0.25) is 5.28 Å². The summed E-state index contributed by atoms with van der Waals surface area (Å²) in [6.45, 7) is 1.81. The van der Waals surface area contributed by atoms with Gasteiger partial charge in [0.15, 0.2) is 0 Å². The number of aliphatic hydroxyl groups is 1. The van der Waals surface area contributed by atoms with Crippen LogP contribution in [0.15, 0.2) is 6.20 Å². The van der Waals surface area contributed by atoms with Crippen LogP contribution in [0.4, 0.5) is 5.82 Å². The van der Waals surface area contributed by atoms with Crippen LogP contribution in [-0.4, -0.2) is 37.8 Å². The van der Waals surface area contributed by atoms with E-state index in [1.165, 1.54) is 6.20 Å². The maximum absolute atomic E-state index is 11.1. The van der Waals surface area contributed by atoms with Crippen molar-refractivity contribution in [3.8, 4) is 0 Å². The molecule has 1 aromatic rings. The molecule has 1 aliphatic rings. The highest BCUT2D eigenvalue weighted by Gasteiger charge is 2.29. The minimum Gasteiger partial charge on any atom is -0.477 e. The standard InChI is InChI=1S/C12H16ClN3O3/c1-12(19)4-2-7(3-5-12)15-9-8(10(17)18)6-14-11(13)16-9/h6-7,19H,2-5H2,1H3,(H,17,18)(H,14,15,16). The molecule has 0 bridgehead atoms. The largest absolute Gasteiger partial charge is 0.477 e. The summed E-state index contributed by atoms with van der Waals surface area (Å²) in [5, 5.41) is 22.0. The van der Waals surface area contributed by atoms with Crippen molar-refractivity contribution in [2.45, 2.75) is 44.2 Å². The Morgan fingerprint density at radius 1 is 1.53 bits per heavy atom. The lowest BCUT2D eigenvalue weighted by molar-refractivity contribution is 0.0195. The second kappa shape index (κ2) is 5.30. The van der Waals surface area contributed by atoms with Gasteiger partial charge in [0.2, 0.25) is 5.28 Å². The van der Waals surface area contributed by atoms with Crippen LogP contribution in [0.25, 0.3) is 0 Å². The molecule has 2 rings (SSSR count). The summed E-state index contributed by atoms with van der Waals surface area (Å²) in [5.74, 6) is -0.860. The van der Waals surface area contributed by atoms with E-state index in [0.29, 0.717) is 12.8 Å². The number of rotatable bonds is 3. The molecule has 0 amide bonds. The van der Waals surface area contributed by atoms with Gasteiger partial charge in [-0.2, -0.15) is 4.98 Å². The molecule has 0 aliphatic heterocycles. The molecule has 6 nitrogen and oxygen atoms in total. The van der Waals surface area contributed by atoms with Crippen LogP contribution in [0, 0.1) is 0 Å². The maximum atomic E-state index is 11.1. The van der Waals surface area contributed by atoms with Gasteiger partial charge in [-0.1, -0.05) is 0 Å². The number of hydrogen-bond donors (Lipinski definition) is 3. The van der Waals surface area contributed by atoms with Crippen LogP contribution in [0.5, 0.6) is 0 Å². The molecule has 3 N–H and O–H groups in total. The summed E-state index contributed by atoms with van der Waals surface area (Å²) in [6, 6.07) is 0.0873. The van der Waals surface area contributed by atoms with E-state index in [1.54, 1.807) is 0 Å². The third-order valence-electron chi connectivity index (χ3n) is 3.39. The van der Waals surface area contributed by atoms with E-state index in [9.17, 15) is 9.90 Å². The van der Waals surface area contributed by atoms with E-state index >= 15 is 0 Å². The fourth-order valence-corrected chi connectivity index (χ4v) is 2.34. The van der Waals surface area contributed by atoms with Gasteiger partial charge >= 0.3 is 5.97 Å². The molecule has 0 unspecified atom stereocenters. The molecule has 1 aromatic heterocycles. The molecule has 1 saturated carbocycles. The third kappa shape index (κ3) is 3.54. The SMILES string of the molecule is CC1(O)CCC(Nc2nc(Cl)ncc2C(=O)O)CC1. The maximum Gasteiger partial charge on any atom is 0.341 e. The van der Waals surface area contributed by atoms with Gasteiger partial charge in [-0.05, 0) is 44.2 Å². The normalized spacial score (nSPS) is 27.0. The summed E-state index contributed by atoms with van der Waals surface area (Å²) in [6.07, 6.45) is 4.05. The van der Waals surface area contributed by atoms with Crippen LogP contribution in [0.1, 0.15) is 43.0 Å². The monoisotopic (exact) mass is 285 g/mol. The van der Waals surface area contributed by atoms with Crippen LogP contribution in [0.3, 0.4) is 0 Å². The van der Waals surface area contributed by atoms with E-state index in [4.69, 9.17) is 16.7 Å². The van der Waals surface area contributed by atoms with Gasteiger partial charge < -0.3 is 15.5 Å². The Labute approximate surface area is 115 Å². The first-order valence-electron chi connectivity index (χ1n) is 6.12. The van der Waals surface area contributed by atoms with Crippen molar-refractivity contribution in [2.24, 2.45) is 0 Å². The Balaban J connectivity index is 2.11. The molecule has 19 heavy (non-hydrogen) atoms. The van der Waals surface area contributed by atoms with Crippen molar-refractivity contribution in [3.05, 3.63) is 17.0 Å². The molecule has 0 atom stereocenters.